The molecule has 0 amide bonds. The van der Waals surface area contributed by atoms with E-state index in [1.54, 1.807) is 4.68 Å². The molecule has 0 bridgehead atoms. The van der Waals surface area contributed by atoms with Gasteiger partial charge in [-0.25, -0.2) is 0 Å². The number of aryl methyl sites for hydroxylation is 1. The highest BCUT2D eigenvalue weighted by atomic mass is 16.5. The fourth-order valence-corrected chi connectivity index (χ4v) is 1.59. The Morgan fingerprint density at radius 1 is 1.59 bits per heavy atom. The van der Waals surface area contributed by atoms with Gasteiger partial charge in [0.2, 0.25) is 5.78 Å². The Balaban J connectivity index is 2.50. The number of methoxy groups -OCH3 is 1. The second-order valence-electron chi connectivity index (χ2n) is 3.40. The van der Waals surface area contributed by atoms with E-state index in [1.807, 2.05) is 6.92 Å². The van der Waals surface area contributed by atoms with Crippen LogP contribution in [-0.2, 0) is 6.54 Å². The molecule has 3 N–H and O–H groups in total. The van der Waals surface area contributed by atoms with Gasteiger partial charge in [-0.15, -0.1) is 0 Å². The van der Waals surface area contributed by atoms with E-state index >= 15 is 0 Å². The lowest BCUT2D eigenvalue weighted by Crippen LogP contribution is -2.12. The van der Waals surface area contributed by atoms with Crippen LogP contribution in [-0.4, -0.2) is 32.9 Å². The molecule has 7 nitrogen and oxygen atoms in total. The summed E-state index contributed by atoms with van der Waals surface area (Å²) in [6, 6.07) is 0. The SMILES string of the molecule is CCn1ncc(OC)c1C(=O)c1cn[nH]c1N. The molecule has 0 saturated carbocycles. The topological polar surface area (TPSA) is 98.8 Å². The summed E-state index contributed by atoms with van der Waals surface area (Å²) in [6.07, 6.45) is 2.90. The van der Waals surface area contributed by atoms with Gasteiger partial charge in [-0.1, -0.05) is 0 Å². The number of nitrogens with one attached hydrogen (secondary N) is 1. The molecular weight excluding hydrogens is 222 g/mol. The third kappa shape index (κ3) is 1.75. The van der Waals surface area contributed by atoms with Crippen LogP contribution >= 0.6 is 0 Å². The van der Waals surface area contributed by atoms with Gasteiger partial charge in [0.25, 0.3) is 0 Å². The van der Waals surface area contributed by atoms with Crippen molar-refractivity contribution in [2.75, 3.05) is 12.8 Å². The number of H-pyrrole nitrogens is 1. The van der Waals surface area contributed by atoms with Crippen molar-refractivity contribution >= 4 is 11.6 Å². The molecule has 0 aliphatic heterocycles. The molecule has 0 aromatic carbocycles. The van der Waals surface area contributed by atoms with Crippen LogP contribution in [0.15, 0.2) is 12.4 Å². The van der Waals surface area contributed by atoms with E-state index in [0.717, 1.165) is 0 Å². The number of hydrogen-bond donors (Lipinski definition) is 2. The van der Waals surface area contributed by atoms with Gasteiger partial charge < -0.3 is 10.5 Å². The van der Waals surface area contributed by atoms with Crippen LogP contribution in [0.1, 0.15) is 23.0 Å². The Labute approximate surface area is 97.6 Å². The average molecular weight is 235 g/mol. The van der Waals surface area contributed by atoms with E-state index in [0.29, 0.717) is 23.6 Å². The van der Waals surface area contributed by atoms with Crippen LogP contribution in [0.3, 0.4) is 0 Å². The first-order chi connectivity index (χ1) is 8.19. The Bertz CT molecular complexity index is 521. The van der Waals surface area contributed by atoms with Crippen molar-refractivity contribution < 1.29 is 9.53 Å². The molecule has 90 valence electrons. The van der Waals surface area contributed by atoms with Crippen molar-refractivity contribution in [2.24, 2.45) is 0 Å². The highest BCUT2D eigenvalue weighted by Gasteiger charge is 2.23. The minimum atomic E-state index is -0.257. The molecule has 0 saturated heterocycles. The molecule has 0 spiro atoms. The zero-order valence-corrected chi connectivity index (χ0v) is 9.60. The minimum Gasteiger partial charge on any atom is -0.493 e. The fraction of sp³-hybridized carbons (Fsp3) is 0.300. The summed E-state index contributed by atoms with van der Waals surface area (Å²) in [5, 5.41) is 10.3. The first-order valence-electron chi connectivity index (χ1n) is 5.12. The van der Waals surface area contributed by atoms with E-state index in [4.69, 9.17) is 10.5 Å². The molecule has 2 rings (SSSR count). The molecule has 0 aliphatic carbocycles. The first kappa shape index (κ1) is 11.2. The number of anilines is 1. The number of carbonyl (C=O) groups excluding carboxylic acids is 1. The number of rotatable bonds is 4. The lowest BCUT2D eigenvalue weighted by molar-refractivity contribution is 0.102. The molecule has 0 fully saturated rings. The van der Waals surface area contributed by atoms with E-state index in [9.17, 15) is 4.79 Å². The monoisotopic (exact) mass is 235 g/mol. The number of nitrogens with two attached hydrogens (primary N) is 1. The Morgan fingerprint density at radius 3 is 2.88 bits per heavy atom. The van der Waals surface area contributed by atoms with Crippen molar-refractivity contribution in [1.82, 2.24) is 20.0 Å². The predicted octanol–water partition coefficient (Wildman–Crippen LogP) is 0.448. The standard InChI is InChI=1S/C10H13N5O2/c1-3-15-8(7(17-2)5-13-15)9(16)6-4-12-14-10(6)11/h4-5H,3H2,1-2H3,(H3,11,12,14). The maximum absolute atomic E-state index is 12.3. The highest BCUT2D eigenvalue weighted by Crippen LogP contribution is 2.22. The van der Waals surface area contributed by atoms with Crippen LogP contribution in [0, 0.1) is 0 Å². The van der Waals surface area contributed by atoms with Crippen molar-refractivity contribution in [1.29, 1.82) is 0 Å². The summed E-state index contributed by atoms with van der Waals surface area (Å²) >= 11 is 0. The molecule has 2 aromatic rings. The molecule has 0 atom stereocenters. The normalized spacial score (nSPS) is 10.5. The van der Waals surface area contributed by atoms with Crippen molar-refractivity contribution in [3.8, 4) is 5.75 Å². The maximum atomic E-state index is 12.3. The highest BCUT2D eigenvalue weighted by molar-refractivity contribution is 6.12. The van der Waals surface area contributed by atoms with E-state index in [-0.39, 0.29) is 11.6 Å². The summed E-state index contributed by atoms with van der Waals surface area (Å²) < 4.78 is 6.67. The van der Waals surface area contributed by atoms with Gasteiger partial charge in [-0.3, -0.25) is 14.6 Å². The maximum Gasteiger partial charge on any atom is 0.220 e. The second-order valence-corrected chi connectivity index (χ2v) is 3.40. The Kier molecular flexibility index (Phi) is 2.82. The number of ketones is 1. The van der Waals surface area contributed by atoms with Crippen LogP contribution in [0.25, 0.3) is 0 Å². The molecule has 2 heterocycles. The lowest BCUT2D eigenvalue weighted by atomic mass is 10.1. The summed E-state index contributed by atoms with van der Waals surface area (Å²) in [7, 11) is 1.49. The van der Waals surface area contributed by atoms with Gasteiger partial charge >= 0.3 is 0 Å². The van der Waals surface area contributed by atoms with Gasteiger partial charge in [0.05, 0.1) is 25.1 Å². The smallest absolute Gasteiger partial charge is 0.220 e. The third-order valence-electron chi connectivity index (χ3n) is 2.45. The van der Waals surface area contributed by atoms with Gasteiger partial charge in [-0.05, 0) is 6.92 Å². The molecule has 17 heavy (non-hydrogen) atoms. The Hall–Kier alpha value is -2.31. The van der Waals surface area contributed by atoms with Crippen molar-refractivity contribution in [3.05, 3.63) is 23.7 Å². The van der Waals surface area contributed by atoms with Gasteiger partial charge in [0, 0.05) is 6.54 Å². The van der Waals surface area contributed by atoms with Crippen LogP contribution in [0.4, 0.5) is 5.82 Å². The number of aromatic amines is 1. The first-order valence-corrected chi connectivity index (χ1v) is 5.12. The van der Waals surface area contributed by atoms with Crippen LogP contribution < -0.4 is 10.5 Å². The number of carbonyl (C=O) groups is 1. The number of nitrogens with zero attached hydrogens (tertiary/aromatic N) is 3. The molecule has 2 aromatic heterocycles. The van der Waals surface area contributed by atoms with Crippen LogP contribution in [0.2, 0.25) is 0 Å². The summed E-state index contributed by atoms with van der Waals surface area (Å²) in [5.74, 6) is 0.408. The lowest BCUT2D eigenvalue weighted by Gasteiger charge is -2.05. The minimum absolute atomic E-state index is 0.237. The zero-order valence-electron chi connectivity index (χ0n) is 9.60. The van der Waals surface area contributed by atoms with Crippen LogP contribution in [0.5, 0.6) is 5.75 Å². The number of nitrogen functional groups attached to an aromatic ring is 1. The average Bonchev–Trinajstić information content (AvgIpc) is 2.93. The Morgan fingerprint density at radius 2 is 2.35 bits per heavy atom. The zero-order chi connectivity index (χ0) is 12.4. The van der Waals surface area contributed by atoms with E-state index in [1.165, 1.54) is 19.5 Å². The van der Waals surface area contributed by atoms with Crippen molar-refractivity contribution in [3.63, 3.8) is 0 Å². The second kappa shape index (κ2) is 4.28. The predicted molar refractivity (Wildman–Crippen MR) is 60.9 cm³/mol. The van der Waals surface area contributed by atoms with Gasteiger partial charge in [0.15, 0.2) is 11.4 Å². The number of hydrogen-bond acceptors (Lipinski definition) is 5. The molecule has 7 heteroatoms. The third-order valence-corrected chi connectivity index (χ3v) is 2.45. The number of ether oxygens (including phenoxy) is 1. The quantitative estimate of drug-likeness (QED) is 0.749. The largest absolute Gasteiger partial charge is 0.493 e. The van der Waals surface area contributed by atoms with Crippen molar-refractivity contribution in [2.45, 2.75) is 13.5 Å². The van der Waals surface area contributed by atoms with E-state index in [2.05, 4.69) is 15.3 Å². The molecular formula is C10H13N5O2. The fourth-order valence-electron chi connectivity index (χ4n) is 1.59. The number of aromatic nitrogens is 4. The molecule has 0 radical (unpaired) electrons. The summed E-state index contributed by atoms with van der Waals surface area (Å²) in [6.45, 7) is 2.46. The summed E-state index contributed by atoms with van der Waals surface area (Å²) in [4.78, 5) is 12.3. The van der Waals surface area contributed by atoms with E-state index < -0.39 is 0 Å². The van der Waals surface area contributed by atoms with Gasteiger partial charge in [-0.2, -0.15) is 10.2 Å². The molecule has 0 aliphatic rings. The summed E-state index contributed by atoms with van der Waals surface area (Å²) in [5.41, 5.74) is 6.32. The molecule has 0 unspecified atom stereocenters. The van der Waals surface area contributed by atoms with Gasteiger partial charge in [0.1, 0.15) is 5.82 Å².